The van der Waals surface area contributed by atoms with Crippen LogP contribution in [0.3, 0.4) is 0 Å². The van der Waals surface area contributed by atoms with Crippen LogP contribution in [-0.2, 0) is 16.6 Å². The Morgan fingerprint density at radius 3 is 2.46 bits per heavy atom. The van der Waals surface area contributed by atoms with Crippen LogP contribution in [0, 0.1) is 0 Å². The summed E-state index contributed by atoms with van der Waals surface area (Å²) in [7, 11) is 1.88. The normalized spacial score (nSPS) is 15.0. The number of hydrogen-bond donors (Lipinski definition) is 1. The van der Waals surface area contributed by atoms with Crippen LogP contribution in [0.25, 0.3) is 10.9 Å². The smallest absolute Gasteiger partial charge is 0.410 e. The van der Waals surface area contributed by atoms with Crippen molar-refractivity contribution in [3.05, 3.63) is 22.8 Å². The number of nitrogens with zero attached hydrogens (tertiary/aromatic N) is 4. The average molecular weight is 452 g/mol. The second kappa shape index (κ2) is 7.98. The second-order valence-electron chi connectivity index (χ2n) is 7.85. The minimum absolute atomic E-state index is 0.00937. The van der Waals surface area contributed by atoms with Crippen LogP contribution in [-0.4, -0.2) is 69.9 Å². The lowest BCUT2D eigenvalue weighted by atomic mass is 10.2. The van der Waals surface area contributed by atoms with E-state index in [1.54, 1.807) is 14.5 Å². The number of benzene rings is 1. The van der Waals surface area contributed by atoms with E-state index in [-0.39, 0.29) is 18.5 Å². The topological polar surface area (TPSA) is 79.7 Å². The third-order valence-corrected chi connectivity index (χ3v) is 5.12. The first-order chi connectivity index (χ1) is 13.1. The molecule has 1 N–H and O–H groups in total. The highest BCUT2D eigenvalue weighted by Crippen LogP contribution is 2.25. The number of fused-ring (bicyclic) bond motifs is 1. The van der Waals surface area contributed by atoms with Crippen LogP contribution < -0.4 is 5.32 Å². The van der Waals surface area contributed by atoms with Gasteiger partial charge in [0.05, 0.1) is 12.1 Å². The summed E-state index contributed by atoms with van der Waals surface area (Å²) in [5.41, 5.74) is 1.33. The zero-order valence-corrected chi connectivity index (χ0v) is 18.2. The molecule has 0 unspecified atom stereocenters. The van der Waals surface area contributed by atoms with Gasteiger partial charge in [0.2, 0.25) is 5.91 Å². The number of halogens is 1. The van der Waals surface area contributed by atoms with Crippen molar-refractivity contribution in [2.45, 2.75) is 26.4 Å². The molecule has 28 heavy (non-hydrogen) atoms. The van der Waals surface area contributed by atoms with Gasteiger partial charge < -0.3 is 19.9 Å². The molecule has 152 valence electrons. The van der Waals surface area contributed by atoms with Crippen molar-refractivity contribution in [3.63, 3.8) is 0 Å². The highest BCUT2D eigenvalue weighted by Gasteiger charge is 2.27. The molecule has 1 aliphatic heterocycles. The Hall–Kier alpha value is -2.29. The monoisotopic (exact) mass is 451 g/mol. The number of carbonyl (C=O) groups excluding carboxylic acids is 2. The number of piperazine rings is 1. The molecular formula is C19H26BrN5O3. The van der Waals surface area contributed by atoms with E-state index in [1.165, 1.54) is 0 Å². The number of hydrogen-bond acceptors (Lipinski definition) is 5. The first kappa shape index (κ1) is 20.4. The van der Waals surface area contributed by atoms with Gasteiger partial charge in [0.25, 0.3) is 0 Å². The summed E-state index contributed by atoms with van der Waals surface area (Å²) in [5, 5.41) is 8.54. The maximum absolute atomic E-state index is 12.5. The van der Waals surface area contributed by atoms with Crippen molar-refractivity contribution in [2.24, 2.45) is 7.05 Å². The minimum atomic E-state index is -0.515. The minimum Gasteiger partial charge on any atom is -0.444 e. The third kappa shape index (κ3) is 4.76. The van der Waals surface area contributed by atoms with E-state index >= 15 is 0 Å². The molecule has 1 aromatic heterocycles. The predicted molar refractivity (Wildman–Crippen MR) is 111 cm³/mol. The lowest BCUT2D eigenvalue weighted by Gasteiger charge is -2.35. The summed E-state index contributed by atoms with van der Waals surface area (Å²) >= 11 is 3.44. The summed E-state index contributed by atoms with van der Waals surface area (Å²) in [5.74, 6) is 0.00937. The van der Waals surface area contributed by atoms with Crippen molar-refractivity contribution in [1.29, 1.82) is 0 Å². The zero-order valence-electron chi connectivity index (χ0n) is 16.7. The Bertz CT molecular complexity index is 882. The van der Waals surface area contributed by atoms with Gasteiger partial charge in [-0.2, -0.15) is 5.10 Å². The number of aromatic nitrogens is 2. The van der Waals surface area contributed by atoms with Gasteiger partial charge in [-0.3, -0.25) is 9.48 Å². The molecule has 0 aliphatic carbocycles. The van der Waals surface area contributed by atoms with Crippen molar-refractivity contribution >= 4 is 44.5 Å². The second-order valence-corrected chi connectivity index (χ2v) is 8.60. The Morgan fingerprint density at radius 2 is 1.82 bits per heavy atom. The van der Waals surface area contributed by atoms with Crippen LogP contribution >= 0.6 is 15.9 Å². The molecule has 2 amide bonds. The van der Waals surface area contributed by atoms with E-state index in [1.807, 2.05) is 46.0 Å². The number of rotatable bonds is 3. The Balaban J connectivity index is 1.51. The number of ether oxygens (including phenoxy) is 1. The largest absolute Gasteiger partial charge is 0.444 e. The molecule has 0 saturated carbocycles. The summed E-state index contributed by atoms with van der Waals surface area (Å²) < 4.78 is 7.98. The van der Waals surface area contributed by atoms with E-state index in [9.17, 15) is 9.59 Å². The summed E-state index contributed by atoms with van der Waals surface area (Å²) in [6, 6.07) is 5.88. The van der Waals surface area contributed by atoms with Gasteiger partial charge in [-0.1, -0.05) is 0 Å². The number of aryl methyl sites for hydroxylation is 1. The van der Waals surface area contributed by atoms with Crippen LogP contribution in [0.5, 0.6) is 0 Å². The van der Waals surface area contributed by atoms with E-state index in [0.29, 0.717) is 26.2 Å². The van der Waals surface area contributed by atoms with Gasteiger partial charge in [-0.15, -0.1) is 0 Å². The molecule has 0 spiro atoms. The van der Waals surface area contributed by atoms with Crippen LogP contribution in [0.15, 0.2) is 22.8 Å². The highest BCUT2D eigenvalue weighted by atomic mass is 79.9. The summed E-state index contributed by atoms with van der Waals surface area (Å²) in [6.07, 6.45) is -0.326. The molecule has 1 aromatic carbocycles. The molecule has 0 atom stereocenters. The number of amides is 2. The van der Waals surface area contributed by atoms with E-state index < -0.39 is 5.60 Å². The Morgan fingerprint density at radius 1 is 1.18 bits per heavy atom. The maximum atomic E-state index is 12.5. The first-order valence-corrected chi connectivity index (χ1v) is 10.1. The van der Waals surface area contributed by atoms with Crippen LogP contribution in [0.2, 0.25) is 0 Å². The fraction of sp³-hybridized carbons (Fsp3) is 0.526. The highest BCUT2D eigenvalue weighted by molar-refractivity contribution is 9.10. The molecule has 9 heteroatoms. The fourth-order valence-electron chi connectivity index (χ4n) is 3.08. The lowest BCUT2D eigenvalue weighted by molar-refractivity contribution is -0.131. The molecule has 1 fully saturated rings. The standard InChI is InChI=1S/C19H26BrN5O3/c1-19(2,3)28-18(27)25-9-7-24(8-10-25)16(26)12-21-13-5-6-14-15(11-13)23(4)22-17(14)20/h5-6,11,21H,7-10,12H2,1-4H3. The quantitative estimate of drug-likeness (QED) is 0.775. The van der Waals surface area contributed by atoms with Gasteiger partial charge in [0.1, 0.15) is 10.2 Å². The van der Waals surface area contributed by atoms with Crippen molar-refractivity contribution in [3.8, 4) is 0 Å². The van der Waals surface area contributed by atoms with E-state index in [4.69, 9.17) is 4.74 Å². The lowest BCUT2D eigenvalue weighted by Crippen LogP contribution is -2.52. The average Bonchev–Trinajstić information content (AvgIpc) is 2.92. The Labute approximate surface area is 172 Å². The van der Waals surface area contributed by atoms with Crippen molar-refractivity contribution < 1.29 is 14.3 Å². The van der Waals surface area contributed by atoms with Crippen molar-refractivity contribution in [2.75, 3.05) is 38.0 Å². The van der Waals surface area contributed by atoms with E-state index in [2.05, 4.69) is 26.3 Å². The number of nitrogens with one attached hydrogen (secondary N) is 1. The number of anilines is 1. The molecule has 2 aromatic rings. The molecule has 1 aliphatic rings. The first-order valence-electron chi connectivity index (χ1n) is 9.26. The Kier molecular flexibility index (Phi) is 5.83. The third-order valence-electron chi connectivity index (χ3n) is 4.53. The summed E-state index contributed by atoms with van der Waals surface area (Å²) in [6.45, 7) is 7.72. The molecule has 3 rings (SSSR count). The van der Waals surface area contributed by atoms with E-state index in [0.717, 1.165) is 21.2 Å². The zero-order chi connectivity index (χ0) is 20.5. The van der Waals surface area contributed by atoms with Crippen LogP contribution in [0.4, 0.5) is 10.5 Å². The maximum Gasteiger partial charge on any atom is 0.410 e. The predicted octanol–water partition coefficient (Wildman–Crippen LogP) is 2.83. The molecule has 1 saturated heterocycles. The molecule has 0 bridgehead atoms. The van der Waals surface area contributed by atoms with Crippen LogP contribution in [0.1, 0.15) is 20.8 Å². The molecular weight excluding hydrogens is 426 g/mol. The van der Waals surface area contributed by atoms with Gasteiger partial charge in [-0.05, 0) is 54.9 Å². The SMILES string of the molecule is Cn1nc(Br)c2ccc(NCC(=O)N3CCN(C(=O)OC(C)(C)C)CC3)cc21. The van der Waals surface area contributed by atoms with Crippen molar-refractivity contribution in [1.82, 2.24) is 19.6 Å². The fourth-order valence-corrected chi connectivity index (χ4v) is 3.65. The van der Waals surface area contributed by atoms with Gasteiger partial charge in [0, 0.05) is 44.3 Å². The van der Waals surface area contributed by atoms with Gasteiger partial charge in [-0.25, -0.2) is 4.79 Å². The molecule has 8 nitrogen and oxygen atoms in total. The van der Waals surface area contributed by atoms with Gasteiger partial charge >= 0.3 is 6.09 Å². The number of carbonyl (C=O) groups is 2. The molecule has 0 radical (unpaired) electrons. The van der Waals surface area contributed by atoms with Gasteiger partial charge in [0.15, 0.2) is 0 Å². The summed E-state index contributed by atoms with van der Waals surface area (Å²) in [4.78, 5) is 28.1. The molecule has 2 heterocycles.